The zero-order valence-electron chi connectivity index (χ0n) is 14.1. The van der Waals surface area contributed by atoms with E-state index in [1.807, 2.05) is 6.92 Å². The lowest BCUT2D eigenvalue weighted by Crippen LogP contribution is -2.25. The summed E-state index contributed by atoms with van der Waals surface area (Å²) in [5, 5.41) is 7.26. The number of amides is 1. The molecule has 2 heterocycles. The van der Waals surface area contributed by atoms with Crippen LogP contribution in [0.5, 0.6) is 0 Å². The summed E-state index contributed by atoms with van der Waals surface area (Å²) in [6.45, 7) is 2.51. The van der Waals surface area contributed by atoms with E-state index in [1.54, 1.807) is 13.2 Å². The van der Waals surface area contributed by atoms with Gasteiger partial charge in [0.15, 0.2) is 5.82 Å². The highest BCUT2D eigenvalue weighted by Crippen LogP contribution is 2.23. The second-order valence-corrected chi connectivity index (χ2v) is 5.72. The Hall–Kier alpha value is -2.74. The maximum absolute atomic E-state index is 13.5. The average Bonchev–Trinajstić information content (AvgIpc) is 3.16. The normalized spacial score (nSPS) is 11.2. The molecule has 3 aromatic rings. The summed E-state index contributed by atoms with van der Waals surface area (Å²) in [6, 6.07) is 4.49. The molecule has 0 radical (unpaired) electrons. The van der Waals surface area contributed by atoms with E-state index in [2.05, 4.69) is 20.4 Å². The molecule has 0 fully saturated rings. The molecule has 8 heteroatoms. The van der Waals surface area contributed by atoms with Gasteiger partial charge in [-0.3, -0.25) is 4.79 Å². The third-order valence-electron chi connectivity index (χ3n) is 3.90. The smallest absolute Gasteiger partial charge is 0.246 e. The number of rotatable bonds is 7. The minimum absolute atomic E-state index is 0.139. The molecule has 0 aliphatic heterocycles. The topological polar surface area (TPSA) is 93.0 Å². The zero-order chi connectivity index (χ0) is 17.8. The van der Waals surface area contributed by atoms with Gasteiger partial charge in [0.1, 0.15) is 5.82 Å². The number of benzene rings is 1. The first-order chi connectivity index (χ1) is 12.1. The van der Waals surface area contributed by atoms with E-state index in [-0.39, 0.29) is 24.7 Å². The van der Waals surface area contributed by atoms with Crippen molar-refractivity contribution in [3.63, 3.8) is 0 Å². The summed E-state index contributed by atoms with van der Waals surface area (Å²) >= 11 is 0. The van der Waals surface area contributed by atoms with Crippen molar-refractivity contribution >= 4 is 16.8 Å². The van der Waals surface area contributed by atoms with Crippen molar-refractivity contribution in [2.24, 2.45) is 0 Å². The maximum Gasteiger partial charge on any atom is 0.246 e. The number of hydrogen-bond donors (Lipinski definition) is 2. The van der Waals surface area contributed by atoms with Crippen LogP contribution in [0.4, 0.5) is 4.39 Å². The van der Waals surface area contributed by atoms with Crippen LogP contribution < -0.4 is 5.32 Å². The predicted octanol–water partition coefficient (Wildman–Crippen LogP) is 2.05. The lowest BCUT2D eigenvalue weighted by Gasteiger charge is -2.03. The number of ether oxygens (including phenoxy) is 1. The molecule has 0 spiro atoms. The van der Waals surface area contributed by atoms with Gasteiger partial charge in [0, 0.05) is 30.1 Å². The Balaban J connectivity index is 1.62. The lowest BCUT2D eigenvalue weighted by atomic mass is 10.1. The Morgan fingerprint density at radius 1 is 1.44 bits per heavy atom. The largest absolute Gasteiger partial charge is 0.384 e. The summed E-state index contributed by atoms with van der Waals surface area (Å²) in [6.07, 6.45) is 0.688. The summed E-state index contributed by atoms with van der Waals surface area (Å²) in [7, 11) is 1.60. The molecule has 132 valence electrons. The van der Waals surface area contributed by atoms with Crippen molar-refractivity contribution in [2.75, 3.05) is 13.7 Å². The number of hydrogen-bond acceptors (Lipinski definition) is 5. The monoisotopic (exact) mass is 346 g/mol. The molecule has 2 N–H and O–H groups in total. The number of aryl methyl sites for hydroxylation is 1. The van der Waals surface area contributed by atoms with Gasteiger partial charge in [-0.15, -0.1) is 0 Å². The number of H-pyrrole nitrogens is 1. The van der Waals surface area contributed by atoms with E-state index in [0.29, 0.717) is 30.1 Å². The highest BCUT2D eigenvalue weighted by Gasteiger charge is 2.14. The highest BCUT2D eigenvalue weighted by molar-refractivity contribution is 5.90. The second kappa shape index (κ2) is 7.43. The van der Waals surface area contributed by atoms with Gasteiger partial charge in [-0.2, -0.15) is 4.98 Å². The number of carbonyl (C=O) groups is 1. The summed E-state index contributed by atoms with van der Waals surface area (Å²) < 4.78 is 23.5. The third-order valence-corrected chi connectivity index (χ3v) is 3.90. The zero-order valence-corrected chi connectivity index (χ0v) is 14.1. The van der Waals surface area contributed by atoms with Crippen molar-refractivity contribution in [1.82, 2.24) is 20.4 Å². The molecule has 0 bridgehead atoms. The lowest BCUT2D eigenvalue weighted by molar-refractivity contribution is -0.120. The van der Waals surface area contributed by atoms with Crippen molar-refractivity contribution < 1.29 is 18.4 Å². The van der Waals surface area contributed by atoms with Crippen LogP contribution in [0.3, 0.4) is 0 Å². The first-order valence-corrected chi connectivity index (χ1v) is 7.90. The number of aromatic amines is 1. The number of carbonyl (C=O) groups excluding carboxylic acids is 1. The molecule has 0 saturated carbocycles. The first-order valence-electron chi connectivity index (χ1n) is 7.90. The fourth-order valence-electron chi connectivity index (χ4n) is 2.64. The van der Waals surface area contributed by atoms with E-state index in [0.717, 1.165) is 16.8 Å². The van der Waals surface area contributed by atoms with Gasteiger partial charge in [-0.05, 0) is 30.7 Å². The van der Waals surface area contributed by atoms with Gasteiger partial charge in [0.2, 0.25) is 11.8 Å². The second-order valence-electron chi connectivity index (χ2n) is 5.72. The number of fused-ring (bicyclic) bond motifs is 1. The van der Waals surface area contributed by atoms with Crippen molar-refractivity contribution in [3.8, 4) is 0 Å². The number of halogens is 1. The molecule has 7 nitrogen and oxygen atoms in total. The van der Waals surface area contributed by atoms with Crippen LogP contribution in [0.2, 0.25) is 0 Å². The molecule has 3 rings (SSSR count). The summed E-state index contributed by atoms with van der Waals surface area (Å²) in [5.41, 5.74) is 2.43. The van der Waals surface area contributed by atoms with E-state index < -0.39 is 0 Å². The van der Waals surface area contributed by atoms with E-state index >= 15 is 0 Å². The molecule has 0 saturated heterocycles. The van der Waals surface area contributed by atoms with Crippen LogP contribution in [-0.4, -0.2) is 34.7 Å². The number of aromatic nitrogens is 3. The molecule has 0 aliphatic carbocycles. The summed E-state index contributed by atoms with van der Waals surface area (Å²) in [4.78, 5) is 19.5. The van der Waals surface area contributed by atoms with Crippen LogP contribution in [0.1, 0.15) is 23.0 Å². The number of nitrogens with one attached hydrogen (secondary N) is 2. The summed E-state index contributed by atoms with van der Waals surface area (Å²) in [5.74, 6) is 0.336. The van der Waals surface area contributed by atoms with E-state index in [4.69, 9.17) is 9.26 Å². The molecule has 1 aromatic carbocycles. The van der Waals surface area contributed by atoms with Crippen LogP contribution in [0.25, 0.3) is 10.9 Å². The van der Waals surface area contributed by atoms with Gasteiger partial charge in [0.05, 0.1) is 19.6 Å². The molecule has 2 aromatic heterocycles. The third kappa shape index (κ3) is 4.03. The Kier molecular flexibility index (Phi) is 5.08. The van der Waals surface area contributed by atoms with Gasteiger partial charge in [0.25, 0.3) is 0 Å². The average molecular weight is 346 g/mol. The fourth-order valence-corrected chi connectivity index (χ4v) is 2.64. The molecule has 0 unspecified atom stereocenters. The van der Waals surface area contributed by atoms with Crippen LogP contribution in [-0.2, 0) is 28.9 Å². The van der Waals surface area contributed by atoms with Crippen LogP contribution >= 0.6 is 0 Å². The Morgan fingerprint density at radius 3 is 3.08 bits per heavy atom. The van der Waals surface area contributed by atoms with Crippen LogP contribution in [0.15, 0.2) is 22.7 Å². The van der Waals surface area contributed by atoms with Crippen molar-refractivity contribution in [2.45, 2.75) is 26.3 Å². The molecule has 1 amide bonds. The highest BCUT2D eigenvalue weighted by atomic mass is 19.1. The minimum Gasteiger partial charge on any atom is -0.384 e. The maximum atomic E-state index is 13.5. The molecular weight excluding hydrogens is 327 g/mol. The SMILES string of the molecule is COCCc1noc(CNC(=O)Cc2c(C)[nH]c3ccc(F)cc23)n1. The Labute approximate surface area is 143 Å². The molecular formula is C17H19FN4O3. The van der Waals surface area contributed by atoms with E-state index in [9.17, 15) is 9.18 Å². The predicted molar refractivity (Wildman–Crippen MR) is 88.4 cm³/mol. The molecule has 25 heavy (non-hydrogen) atoms. The Bertz CT molecular complexity index is 887. The molecule has 0 atom stereocenters. The fraction of sp³-hybridized carbons (Fsp3) is 0.353. The van der Waals surface area contributed by atoms with Crippen molar-refractivity contribution in [1.29, 1.82) is 0 Å². The number of methoxy groups -OCH3 is 1. The van der Waals surface area contributed by atoms with Gasteiger partial charge < -0.3 is 19.6 Å². The quantitative estimate of drug-likeness (QED) is 0.683. The standard InChI is InChI=1S/C17H19FN4O3/c1-10-12(13-7-11(18)3-4-14(13)20-10)8-16(23)19-9-17-21-15(22-25-17)5-6-24-2/h3-4,7,20H,5-6,8-9H2,1-2H3,(H,19,23). The first kappa shape index (κ1) is 17.1. The van der Waals surface area contributed by atoms with E-state index in [1.165, 1.54) is 12.1 Å². The van der Waals surface area contributed by atoms with Crippen molar-refractivity contribution in [3.05, 3.63) is 47.0 Å². The number of nitrogens with zero attached hydrogens (tertiary/aromatic N) is 2. The van der Waals surface area contributed by atoms with Gasteiger partial charge in [-0.25, -0.2) is 4.39 Å². The molecule has 0 aliphatic rings. The Morgan fingerprint density at radius 2 is 2.28 bits per heavy atom. The van der Waals surface area contributed by atoms with Gasteiger partial charge >= 0.3 is 0 Å². The van der Waals surface area contributed by atoms with Crippen LogP contribution in [0, 0.1) is 12.7 Å². The van der Waals surface area contributed by atoms with Gasteiger partial charge in [-0.1, -0.05) is 5.16 Å². The minimum atomic E-state index is -0.331.